The molecule has 0 radical (unpaired) electrons. The summed E-state index contributed by atoms with van der Waals surface area (Å²) in [6.45, 7) is 4.62. The molecule has 36 heavy (non-hydrogen) atoms. The Morgan fingerprint density at radius 1 is 0.944 bits per heavy atom. The van der Waals surface area contributed by atoms with Crippen molar-refractivity contribution < 1.29 is 23.0 Å². The first-order valence-corrected chi connectivity index (χ1v) is 12.2. The van der Waals surface area contributed by atoms with Crippen molar-refractivity contribution in [1.82, 2.24) is 14.8 Å². The van der Waals surface area contributed by atoms with Crippen LogP contribution in [0.5, 0.6) is 11.5 Å². The topological polar surface area (TPSA) is 78.3 Å². The van der Waals surface area contributed by atoms with Crippen molar-refractivity contribution in [3.8, 4) is 17.2 Å². The Bertz CT molecular complexity index is 1330. The first-order valence-electron chi connectivity index (χ1n) is 11.2. The van der Waals surface area contributed by atoms with Crippen molar-refractivity contribution in [2.75, 3.05) is 17.7 Å². The van der Waals surface area contributed by atoms with Crippen molar-refractivity contribution in [3.63, 3.8) is 0 Å². The number of aryl methyl sites for hydroxylation is 1. The van der Waals surface area contributed by atoms with E-state index in [9.17, 15) is 13.6 Å². The zero-order valence-electron chi connectivity index (χ0n) is 19.7. The number of nitrogens with zero attached hydrogens (tertiary/aromatic N) is 3. The molecule has 0 aliphatic rings. The van der Waals surface area contributed by atoms with Gasteiger partial charge in [-0.25, -0.2) is 8.78 Å². The van der Waals surface area contributed by atoms with Crippen molar-refractivity contribution in [3.05, 3.63) is 89.8 Å². The number of benzene rings is 3. The number of halogens is 2. The highest BCUT2D eigenvalue weighted by atomic mass is 32.2. The van der Waals surface area contributed by atoms with Gasteiger partial charge in [-0.2, -0.15) is 0 Å². The molecule has 0 unspecified atom stereocenters. The molecule has 0 aliphatic heterocycles. The molecule has 186 valence electrons. The van der Waals surface area contributed by atoms with Crippen LogP contribution in [0, 0.1) is 18.6 Å². The molecule has 1 N–H and O–H groups in total. The Morgan fingerprint density at radius 2 is 1.64 bits per heavy atom. The van der Waals surface area contributed by atoms with E-state index in [1.54, 1.807) is 4.57 Å². The Labute approximate surface area is 211 Å². The lowest BCUT2D eigenvalue weighted by Gasteiger charge is -2.12. The number of carbonyl (C=O) groups is 1. The fourth-order valence-corrected chi connectivity index (χ4v) is 4.06. The van der Waals surface area contributed by atoms with Crippen LogP contribution in [0.2, 0.25) is 0 Å². The third-order valence-electron chi connectivity index (χ3n) is 5.03. The molecule has 0 saturated heterocycles. The van der Waals surface area contributed by atoms with Gasteiger partial charge < -0.3 is 14.8 Å². The normalized spacial score (nSPS) is 10.8. The average Bonchev–Trinajstić information content (AvgIpc) is 3.28. The standard InChI is InChI=1S/C26H24F2N4O3S/c1-3-34-20-11-7-19(8-12-20)32-24(15-35-21-9-4-17(2)5-10-21)30-31-26(32)36-16-25(33)29-18-6-13-22(27)23(28)14-18/h4-14H,3,15-16H2,1-2H3,(H,29,33). The summed E-state index contributed by atoms with van der Waals surface area (Å²) in [6, 6.07) is 18.3. The first kappa shape index (κ1) is 25.2. The lowest BCUT2D eigenvalue weighted by Crippen LogP contribution is -2.15. The van der Waals surface area contributed by atoms with E-state index in [1.807, 2.05) is 62.4 Å². The van der Waals surface area contributed by atoms with E-state index < -0.39 is 17.5 Å². The summed E-state index contributed by atoms with van der Waals surface area (Å²) in [6.07, 6.45) is 0. The monoisotopic (exact) mass is 510 g/mol. The second kappa shape index (κ2) is 11.7. The highest BCUT2D eigenvalue weighted by Gasteiger charge is 2.17. The molecule has 0 aliphatic carbocycles. The molecule has 0 fully saturated rings. The van der Waals surface area contributed by atoms with Crippen molar-refractivity contribution in [2.24, 2.45) is 0 Å². The smallest absolute Gasteiger partial charge is 0.234 e. The SMILES string of the molecule is CCOc1ccc(-n2c(COc3ccc(C)cc3)nnc2SCC(=O)Nc2ccc(F)c(F)c2)cc1. The second-order valence-corrected chi connectivity index (χ2v) is 8.67. The molecule has 4 aromatic rings. The molecule has 0 bridgehead atoms. The number of aromatic nitrogens is 3. The van der Waals surface area contributed by atoms with E-state index in [-0.39, 0.29) is 18.0 Å². The number of anilines is 1. The van der Waals surface area contributed by atoms with Gasteiger partial charge in [-0.15, -0.1) is 10.2 Å². The molecular formula is C26H24F2N4O3S. The van der Waals surface area contributed by atoms with Crippen LogP contribution in [-0.4, -0.2) is 33.0 Å². The summed E-state index contributed by atoms with van der Waals surface area (Å²) >= 11 is 1.16. The number of carbonyl (C=O) groups excluding carboxylic acids is 1. The van der Waals surface area contributed by atoms with Gasteiger partial charge >= 0.3 is 0 Å². The molecule has 10 heteroatoms. The van der Waals surface area contributed by atoms with Crippen molar-refractivity contribution in [2.45, 2.75) is 25.6 Å². The largest absolute Gasteiger partial charge is 0.494 e. The predicted molar refractivity (Wildman–Crippen MR) is 134 cm³/mol. The molecule has 3 aromatic carbocycles. The number of amides is 1. The molecular weight excluding hydrogens is 486 g/mol. The summed E-state index contributed by atoms with van der Waals surface area (Å²) in [5.74, 6) is -0.464. The highest BCUT2D eigenvalue weighted by Crippen LogP contribution is 2.25. The first-order chi connectivity index (χ1) is 17.4. The molecule has 1 amide bonds. The number of thioether (sulfide) groups is 1. The Morgan fingerprint density at radius 3 is 2.33 bits per heavy atom. The van der Waals surface area contributed by atoms with E-state index in [0.29, 0.717) is 23.3 Å². The van der Waals surface area contributed by atoms with Crippen LogP contribution in [0.4, 0.5) is 14.5 Å². The minimum Gasteiger partial charge on any atom is -0.494 e. The molecule has 1 aromatic heterocycles. The number of rotatable bonds is 10. The van der Waals surface area contributed by atoms with E-state index in [0.717, 1.165) is 40.9 Å². The fourth-order valence-electron chi connectivity index (χ4n) is 3.29. The third kappa shape index (κ3) is 6.39. The summed E-state index contributed by atoms with van der Waals surface area (Å²) < 4.78 is 39.8. The second-order valence-electron chi connectivity index (χ2n) is 7.73. The van der Waals surface area contributed by atoms with Gasteiger partial charge in [-0.3, -0.25) is 9.36 Å². The fraction of sp³-hybridized carbons (Fsp3) is 0.192. The van der Waals surface area contributed by atoms with Gasteiger partial charge in [0.25, 0.3) is 0 Å². The summed E-state index contributed by atoms with van der Waals surface area (Å²) in [5.41, 5.74) is 2.06. The van der Waals surface area contributed by atoms with Gasteiger partial charge in [0.15, 0.2) is 22.6 Å². The number of hydrogen-bond acceptors (Lipinski definition) is 6. The van der Waals surface area contributed by atoms with Crippen molar-refractivity contribution >= 4 is 23.4 Å². The highest BCUT2D eigenvalue weighted by molar-refractivity contribution is 7.99. The van der Waals surface area contributed by atoms with Crippen LogP contribution in [0.1, 0.15) is 18.3 Å². The van der Waals surface area contributed by atoms with Gasteiger partial charge in [-0.05, 0) is 62.4 Å². The molecule has 1 heterocycles. The zero-order chi connectivity index (χ0) is 25.5. The summed E-state index contributed by atoms with van der Waals surface area (Å²) in [5, 5.41) is 11.6. The quantitative estimate of drug-likeness (QED) is 0.282. The molecule has 0 atom stereocenters. The Balaban J connectivity index is 1.51. The summed E-state index contributed by atoms with van der Waals surface area (Å²) in [7, 11) is 0. The van der Waals surface area contributed by atoms with Gasteiger partial charge in [0.05, 0.1) is 12.4 Å². The van der Waals surface area contributed by atoms with Gasteiger partial charge in [0.1, 0.15) is 18.1 Å². The number of ether oxygens (including phenoxy) is 2. The maximum atomic E-state index is 13.4. The van der Waals surface area contributed by atoms with Gasteiger partial charge in [0.2, 0.25) is 5.91 Å². The van der Waals surface area contributed by atoms with Crippen molar-refractivity contribution in [1.29, 1.82) is 0 Å². The lowest BCUT2D eigenvalue weighted by molar-refractivity contribution is -0.113. The molecule has 4 rings (SSSR count). The Hall–Kier alpha value is -3.92. The summed E-state index contributed by atoms with van der Waals surface area (Å²) in [4.78, 5) is 12.4. The van der Waals surface area contributed by atoms with E-state index in [4.69, 9.17) is 9.47 Å². The van der Waals surface area contributed by atoms with E-state index in [2.05, 4.69) is 15.5 Å². The van der Waals surface area contributed by atoms with Gasteiger partial charge in [0, 0.05) is 17.4 Å². The lowest BCUT2D eigenvalue weighted by atomic mass is 10.2. The van der Waals surface area contributed by atoms with Crippen LogP contribution in [0.3, 0.4) is 0 Å². The van der Waals surface area contributed by atoms with E-state index in [1.165, 1.54) is 6.07 Å². The van der Waals surface area contributed by atoms with E-state index >= 15 is 0 Å². The molecule has 0 saturated carbocycles. The minimum atomic E-state index is -1.03. The maximum Gasteiger partial charge on any atom is 0.234 e. The van der Waals surface area contributed by atoms with Crippen LogP contribution in [0.15, 0.2) is 71.9 Å². The minimum absolute atomic E-state index is 0.0209. The van der Waals surface area contributed by atoms with Crippen LogP contribution >= 0.6 is 11.8 Å². The van der Waals surface area contributed by atoms with Crippen LogP contribution in [-0.2, 0) is 11.4 Å². The maximum absolute atomic E-state index is 13.4. The Kier molecular flexibility index (Phi) is 8.17. The number of hydrogen-bond donors (Lipinski definition) is 1. The predicted octanol–water partition coefficient (Wildman–Crippen LogP) is 5.56. The number of nitrogens with one attached hydrogen (secondary N) is 1. The molecule has 7 nitrogen and oxygen atoms in total. The average molecular weight is 511 g/mol. The zero-order valence-corrected chi connectivity index (χ0v) is 20.5. The van der Waals surface area contributed by atoms with Crippen LogP contribution < -0.4 is 14.8 Å². The third-order valence-corrected chi connectivity index (χ3v) is 5.96. The van der Waals surface area contributed by atoms with Crippen LogP contribution in [0.25, 0.3) is 5.69 Å². The molecule has 0 spiro atoms. The van der Waals surface area contributed by atoms with Gasteiger partial charge in [-0.1, -0.05) is 29.5 Å².